The fraction of sp³-hybridized carbons (Fsp3) is 0.609. The first-order valence-corrected chi connectivity index (χ1v) is 13.1. The molecule has 1 N–H and O–H groups in total. The van der Waals surface area contributed by atoms with Gasteiger partial charge < -0.3 is 5.32 Å². The molecular formula is C23H29N5O3S. The number of amides is 1. The third-order valence-electron chi connectivity index (χ3n) is 8.23. The SMILES string of the molecule is O=C(Nc1ccc(S(=O)(=O)N2CCCC2)cc1)C12C[C@H]3C[C@@H](C1)CC(n1cncn1)(C3)C2. The molecule has 4 bridgehead atoms. The van der Waals surface area contributed by atoms with Crippen molar-refractivity contribution in [2.24, 2.45) is 17.3 Å². The van der Waals surface area contributed by atoms with Crippen molar-refractivity contribution in [1.82, 2.24) is 19.1 Å². The second-order valence-corrected chi connectivity index (χ2v) is 12.3. The van der Waals surface area contributed by atoms with Gasteiger partial charge >= 0.3 is 0 Å². The highest BCUT2D eigenvalue weighted by atomic mass is 32.2. The van der Waals surface area contributed by atoms with E-state index in [1.807, 2.05) is 4.68 Å². The van der Waals surface area contributed by atoms with E-state index in [2.05, 4.69) is 15.4 Å². The van der Waals surface area contributed by atoms with Crippen molar-refractivity contribution >= 4 is 21.6 Å². The highest BCUT2D eigenvalue weighted by molar-refractivity contribution is 7.89. The van der Waals surface area contributed by atoms with Gasteiger partial charge in [0.1, 0.15) is 12.7 Å². The lowest BCUT2D eigenvalue weighted by molar-refractivity contribution is -0.150. The Labute approximate surface area is 188 Å². The number of rotatable bonds is 5. The topological polar surface area (TPSA) is 97.2 Å². The number of benzene rings is 1. The van der Waals surface area contributed by atoms with Gasteiger partial charge in [0, 0.05) is 18.8 Å². The Morgan fingerprint density at radius 3 is 2.34 bits per heavy atom. The maximum absolute atomic E-state index is 13.6. The molecule has 4 saturated carbocycles. The zero-order valence-electron chi connectivity index (χ0n) is 18.1. The summed E-state index contributed by atoms with van der Waals surface area (Å²) in [6, 6.07) is 6.66. The highest BCUT2D eigenvalue weighted by Gasteiger charge is 2.61. The van der Waals surface area contributed by atoms with Crippen LogP contribution in [0.2, 0.25) is 0 Å². The van der Waals surface area contributed by atoms with Crippen LogP contribution in [0.15, 0.2) is 41.8 Å². The van der Waals surface area contributed by atoms with Gasteiger partial charge in [-0.2, -0.15) is 9.40 Å². The number of anilines is 1. The molecule has 4 aliphatic carbocycles. The molecule has 1 aromatic heterocycles. The molecule has 1 amide bonds. The molecule has 8 nitrogen and oxygen atoms in total. The van der Waals surface area contributed by atoms with Gasteiger partial charge in [-0.1, -0.05) is 0 Å². The Balaban J connectivity index is 1.22. The second kappa shape index (κ2) is 7.12. The minimum absolute atomic E-state index is 0.0613. The molecule has 9 heteroatoms. The summed E-state index contributed by atoms with van der Waals surface area (Å²) in [5, 5.41) is 7.58. The lowest BCUT2D eigenvalue weighted by Crippen LogP contribution is -2.60. The van der Waals surface area contributed by atoms with Crippen LogP contribution in [-0.2, 0) is 20.4 Å². The van der Waals surface area contributed by atoms with Gasteiger partial charge in [0.05, 0.1) is 15.8 Å². The zero-order chi connectivity index (χ0) is 22.0. The summed E-state index contributed by atoms with van der Waals surface area (Å²) in [5.74, 6) is 1.14. The summed E-state index contributed by atoms with van der Waals surface area (Å²) >= 11 is 0. The molecule has 5 aliphatic rings. The fourth-order valence-electron chi connectivity index (χ4n) is 7.25. The van der Waals surface area contributed by atoms with Crippen molar-refractivity contribution in [3.63, 3.8) is 0 Å². The molecule has 32 heavy (non-hydrogen) atoms. The van der Waals surface area contributed by atoms with Crippen molar-refractivity contribution in [1.29, 1.82) is 0 Å². The normalized spacial score (nSPS) is 34.1. The first-order valence-electron chi connectivity index (χ1n) is 11.7. The predicted octanol–water partition coefficient (Wildman–Crippen LogP) is 3.00. The number of carbonyl (C=O) groups is 1. The molecule has 4 atom stereocenters. The first kappa shape index (κ1) is 20.4. The summed E-state index contributed by atoms with van der Waals surface area (Å²) in [6.07, 6.45) is 11.2. The molecule has 2 heterocycles. The van der Waals surface area contributed by atoms with Crippen LogP contribution in [0, 0.1) is 17.3 Å². The quantitative estimate of drug-likeness (QED) is 0.748. The van der Waals surface area contributed by atoms with Crippen LogP contribution in [0.25, 0.3) is 0 Å². The lowest BCUT2D eigenvalue weighted by atomic mass is 9.46. The fourth-order valence-corrected chi connectivity index (χ4v) is 8.77. The van der Waals surface area contributed by atoms with E-state index >= 15 is 0 Å². The largest absolute Gasteiger partial charge is 0.326 e. The summed E-state index contributed by atoms with van der Waals surface area (Å²) in [4.78, 5) is 18.0. The maximum atomic E-state index is 13.6. The summed E-state index contributed by atoms with van der Waals surface area (Å²) in [7, 11) is -3.45. The predicted molar refractivity (Wildman–Crippen MR) is 118 cm³/mol. The molecule has 170 valence electrons. The standard InChI is InChI=1S/C23H29N5O3S/c29-21(26-19-3-5-20(6-4-19)32(30,31)27-7-1-2-8-27)22-10-17-9-18(11-22)13-23(12-17,14-22)28-16-24-15-25-28/h3-6,15-18H,1-2,7-14H2,(H,26,29)/t17-,18+,22?,23?. The van der Waals surface area contributed by atoms with Crippen LogP contribution >= 0.6 is 0 Å². The summed E-state index contributed by atoms with van der Waals surface area (Å²) in [5.41, 5.74) is 0.156. The molecule has 1 saturated heterocycles. The molecule has 0 spiro atoms. The van der Waals surface area contributed by atoms with Gasteiger partial charge in [0.25, 0.3) is 0 Å². The lowest BCUT2D eigenvalue weighted by Gasteiger charge is -2.60. The Morgan fingerprint density at radius 2 is 1.72 bits per heavy atom. The van der Waals surface area contributed by atoms with Crippen LogP contribution < -0.4 is 5.32 Å². The van der Waals surface area contributed by atoms with Gasteiger partial charge in [0.15, 0.2) is 0 Å². The highest BCUT2D eigenvalue weighted by Crippen LogP contribution is 2.64. The van der Waals surface area contributed by atoms with Crippen molar-refractivity contribution in [2.75, 3.05) is 18.4 Å². The number of hydrogen-bond acceptors (Lipinski definition) is 5. The molecule has 5 fully saturated rings. The van der Waals surface area contributed by atoms with Crippen LogP contribution in [0.5, 0.6) is 0 Å². The average Bonchev–Trinajstić information content (AvgIpc) is 3.48. The monoisotopic (exact) mass is 455 g/mol. The van der Waals surface area contributed by atoms with E-state index in [1.165, 1.54) is 6.42 Å². The summed E-state index contributed by atoms with van der Waals surface area (Å²) < 4.78 is 29.1. The van der Waals surface area contributed by atoms with E-state index < -0.39 is 15.4 Å². The zero-order valence-corrected chi connectivity index (χ0v) is 18.9. The Bertz CT molecular complexity index is 1110. The Morgan fingerprint density at radius 1 is 1.03 bits per heavy atom. The van der Waals surface area contributed by atoms with E-state index in [9.17, 15) is 13.2 Å². The van der Waals surface area contributed by atoms with Crippen molar-refractivity contribution in [3.8, 4) is 0 Å². The van der Waals surface area contributed by atoms with E-state index in [0.29, 0.717) is 30.6 Å². The smallest absolute Gasteiger partial charge is 0.243 e. The molecular weight excluding hydrogens is 426 g/mol. The van der Waals surface area contributed by atoms with Crippen molar-refractivity contribution in [3.05, 3.63) is 36.9 Å². The van der Waals surface area contributed by atoms with Crippen LogP contribution in [-0.4, -0.2) is 46.5 Å². The van der Waals surface area contributed by atoms with Crippen molar-refractivity contribution in [2.45, 2.75) is 61.8 Å². The van der Waals surface area contributed by atoms with E-state index in [4.69, 9.17) is 0 Å². The summed E-state index contributed by atoms with van der Waals surface area (Å²) in [6.45, 7) is 1.17. The Kier molecular flexibility index (Phi) is 4.53. The molecule has 2 unspecified atom stereocenters. The number of sulfonamides is 1. The molecule has 1 aliphatic heterocycles. The van der Waals surface area contributed by atoms with Crippen LogP contribution in [0.1, 0.15) is 51.4 Å². The molecule has 2 aromatic rings. The maximum Gasteiger partial charge on any atom is 0.243 e. The van der Waals surface area contributed by atoms with Gasteiger partial charge in [-0.05, 0) is 87.5 Å². The third-order valence-corrected chi connectivity index (χ3v) is 10.1. The number of nitrogens with zero attached hydrogens (tertiary/aromatic N) is 4. The first-order chi connectivity index (χ1) is 15.4. The van der Waals surface area contributed by atoms with E-state index in [-0.39, 0.29) is 16.3 Å². The number of aromatic nitrogens is 3. The molecule has 7 rings (SSSR count). The van der Waals surface area contributed by atoms with E-state index in [1.54, 1.807) is 41.2 Å². The number of hydrogen-bond donors (Lipinski definition) is 1. The van der Waals surface area contributed by atoms with Crippen molar-refractivity contribution < 1.29 is 13.2 Å². The minimum Gasteiger partial charge on any atom is -0.326 e. The van der Waals surface area contributed by atoms with Gasteiger partial charge in [-0.25, -0.2) is 18.1 Å². The van der Waals surface area contributed by atoms with E-state index in [0.717, 1.165) is 44.9 Å². The van der Waals surface area contributed by atoms with Gasteiger partial charge in [-0.3, -0.25) is 4.79 Å². The minimum atomic E-state index is -3.45. The molecule has 1 aromatic carbocycles. The second-order valence-electron chi connectivity index (χ2n) is 10.4. The van der Waals surface area contributed by atoms with Crippen LogP contribution in [0.3, 0.4) is 0 Å². The van der Waals surface area contributed by atoms with Crippen LogP contribution in [0.4, 0.5) is 5.69 Å². The number of carbonyl (C=O) groups excluding carboxylic acids is 1. The Hall–Kier alpha value is -2.26. The average molecular weight is 456 g/mol. The number of nitrogens with one attached hydrogen (secondary N) is 1. The molecule has 0 radical (unpaired) electrons. The third kappa shape index (κ3) is 3.12. The van der Waals surface area contributed by atoms with Gasteiger partial charge in [-0.15, -0.1) is 0 Å². The van der Waals surface area contributed by atoms with Gasteiger partial charge in [0.2, 0.25) is 15.9 Å².